The molecule has 2 heterocycles. The molecule has 23 heteroatoms. The van der Waals surface area contributed by atoms with E-state index >= 15 is 0 Å². The summed E-state index contributed by atoms with van der Waals surface area (Å²) in [6, 6.07) is 0. The second-order valence-electron chi connectivity index (χ2n) is 25.2. The van der Waals surface area contributed by atoms with Crippen LogP contribution < -0.4 is 0 Å². The first-order chi connectivity index (χ1) is 42.3. The molecule has 0 spiro atoms. The van der Waals surface area contributed by atoms with E-state index in [0.717, 1.165) is 38.5 Å². The molecular formula is C66H118CaO20S2. The number of ether oxygens (including phenoxy) is 6. The van der Waals surface area contributed by atoms with Gasteiger partial charge in [-0.1, -0.05) is 271 Å². The van der Waals surface area contributed by atoms with Crippen molar-refractivity contribution in [3.8, 4) is 0 Å². The quantitative estimate of drug-likeness (QED) is 0.0188. The molecule has 0 aliphatic carbocycles. The number of unbranched alkanes of at least 4 members (excludes halogenated alkanes) is 40. The molecule has 2 N–H and O–H groups in total. The molecule has 0 amide bonds. The summed E-state index contributed by atoms with van der Waals surface area (Å²) in [5.74, 6) is -5.99. The summed E-state index contributed by atoms with van der Waals surface area (Å²) in [7, 11) is -10.3. The van der Waals surface area contributed by atoms with E-state index in [1.165, 1.54) is 218 Å². The number of aliphatic hydroxyl groups excluding tert-OH is 2. The number of aliphatic hydroxyl groups is 2. The van der Waals surface area contributed by atoms with E-state index in [2.05, 4.69) is 13.8 Å². The van der Waals surface area contributed by atoms with Crippen molar-refractivity contribution in [2.24, 2.45) is 10.8 Å². The molecule has 2 aliphatic heterocycles. The molecule has 4 unspecified atom stereocenters. The van der Waals surface area contributed by atoms with Gasteiger partial charge in [-0.2, -0.15) is 0 Å². The first kappa shape index (κ1) is 86.8. The monoisotopic (exact) mass is 1330 g/mol. The number of carbonyl (C=O) groups excluding carboxylic acids is 6. The van der Waals surface area contributed by atoms with Gasteiger partial charge in [0.05, 0.1) is 36.9 Å². The Morgan fingerprint density at radius 3 is 0.798 bits per heavy atom. The van der Waals surface area contributed by atoms with Crippen LogP contribution in [-0.2, 0) is 77.4 Å². The molecule has 0 saturated carbocycles. The fourth-order valence-electron chi connectivity index (χ4n) is 10.7. The van der Waals surface area contributed by atoms with Crippen LogP contribution in [0, 0.1) is 10.8 Å². The number of hydrogen-bond acceptors (Lipinski definition) is 20. The minimum atomic E-state index is -5.14. The predicted molar refractivity (Wildman–Crippen MR) is 341 cm³/mol. The number of rotatable bonds is 52. The minimum Gasteiger partial charge on any atom is -0.747 e. The number of cyclic esters (lactones) is 4. The smallest absolute Gasteiger partial charge is 0.747 e. The summed E-state index contributed by atoms with van der Waals surface area (Å²) in [6.45, 7) is 0.353. The van der Waals surface area contributed by atoms with Crippen LogP contribution in [0.3, 0.4) is 0 Å². The summed E-state index contributed by atoms with van der Waals surface area (Å²) in [5.41, 5.74) is -2.90. The number of esters is 6. The average Bonchev–Trinajstić information content (AvgIpc) is 3.97. The maximum atomic E-state index is 12.2. The van der Waals surface area contributed by atoms with Gasteiger partial charge in [0.15, 0.2) is 10.5 Å². The molecule has 2 fully saturated rings. The average molecular weight is 1340 g/mol. The second kappa shape index (κ2) is 55.1. The largest absolute Gasteiger partial charge is 2.00 e. The van der Waals surface area contributed by atoms with E-state index in [1.54, 1.807) is 0 Å². The molecule has 0 aromatic rings. The third kappa shape index (κ3) is 46.5. The van der Waals surface area contributed by atoms with Crippen LogP contribution >= 0.6 is 0 Å². The maximum absolute atomic E-state index is 12.2. The number of hydrogen-bond donors (Lipinski definition) is 2. The summed E-state index contributed by atoms with van der Waals surface area (Å²) >= 11 is 0. The van der Waals surface area contributed by atoms with Crippen LogP contribution in [0.5, 0.6) is 0 Å². The SMILES string of the molecule is CCCCCCCCCCCCCCCCCCCCCCCC(=O)OCC1(CO)COC(=O)CC(S(=O)(=O)[O-])C(=O)OC1.CCCCCCCCCCCCCCCCCCCCCCCC(=O)OCC1(CO)COC(=O)CC(S(=O)(=O)[O-])C(=O)OC1.[Ca+2]. The topological polar surface area (TPSA) is 313 Å². The first-order valence-electron chi connectivity index (χ1n) is 34.3. The molecule has 0 aromatic heterocycles. The molecule has 2 rings (SSSR count). The Hall–Kier alpha value is -2.18. The molecule has 0 bridgehead atoms. The van der Waals surface area contributed by atoms with Crippen LogP contribution in [0.1, 0.15) is 309 Å². The van der Waals surface area contributed by atoms with Gasteiger partial charge in [-0.25, -0.2) is 16.8 Å². The third-order valence-corrected chi connectivity index (χ3v) is 18.9. The summed E-state index contributed by atoms with van der Waals surface area (Å²) in [5, 5.41) is 15.3. The molecule has 2 saturated heterocycles. The third-order valence-electron chi connectivity index (χ3n) is 16.8. The standard InChI is InChI=1S/2C33H60O10S.Ca/c2*1-2-3-4-5-6-7-8-9-10-11-12-13-14-15-16-17-18-19-20-21-22-23-30(35)41-26-33(25-34)27-42-31(36)24-29(44(38,39)40)32(37)43-28-33;/h2*29,34H,2-28H2,1H3,(H,38,39,40);/q;;+2/p-2. The Morgan fingerprint density at radius 1 is 0.393 bits per heavy atom. The van der Waals surface area contributed by atoms with E-state index in [-0.39, 0.29) is 50.6 Å². The van der Waals surface area contributed by atoms with Gasteiger partial charge >= 0.3 is 73.6 Å². The van der Waals surface area contributed by atoms with E-state index < -0.39 is 143 Å². The second-order valence-corrected chi connectivity index (χ2v) is 28.3. The van der Waals surface area contributed by atoms with Crippen molar-refractivity contribution in [2.75, 3.05) is 52.9 Å². The van der Waals surface area contributed by atoms with Gasteiger partial charge in [-0.15, -0.1) is 0 Å². The van der Waals surface area contributed by atoms with Gasteiger partial charge in [0.1, 0.15) is 59.9 Å². The van der Waals surface area contributed by atoms with Gasteiger partial charge in [-0.3, -0.25) is 28.8 Å². The molecule has 4 atom stereocenters. The Labute approximate surface area is 566 Å². The van der Waals surface area contributed by atoms with E-state index in [1.807, 2.05) is 0 Å². The summed E-state index contributed by atoms with van der Waals surface area (Å²) in [4.78, 5) is 72.4. The number of carbonyl (C=O) groups is 6. The normalized spacial score (nSPS) is 19.3. The van der Waals surface area contributed by atoms with Crippen molar-refractivity contribution in [2.45, 2.75) is 320 Å². The molecule has 516 valence electrons. The van der Waals surface area contributed by atoms with E-state index in [0.29, 0.717) is 12.8 Å². The first-order valence-corrected chi connectivity index (χ1v) is 37.3. The summed E-state index contributed by atoms with van der Waals surface area (Å²) in [6.07, 6.45) is 52.1. The maximum Gasteiger partial charge on any atom is 2.00 e. The van der Waals surface area contributed by atoms with Crippen LogP contribution in [0.2, 0.25) is 0 Å². The fourth-order valence-corrected chi connectivity index (χ4v) is 12.0. The van der Waals surface area contributed by atoms with Crippen LogP contribution in [-0.4, -0.2) is 173 Å². The van der Waals surface area contributed by atoms with Crippen LogP contribution in [0.4, 0.5) is 0 Å². The van der Waals surface area contributed by atoms with Crippen LogP contribution in [0.15, 0.2) is 0 Å². The summed E-state index contributed by atoms with van der Waals surface area (Å²) < 4.78 is 98.0. The zero-order valence-corrected chi connectivity index (χ0v) is 58.9. The van der Waals surface area contributed by atoms with Crippen molar-refractivity contribution in [1.29, 1.82) is 0 Å². The Morgan fingerprint density at radius 2 is 0.596 bits per heavy atom. The zero-order chi connectivity index (χ0) is 65.0. The van der Waals surface area contributed by atoms with Gasteiger partial charge in [0.25, 0.3) is 0 Å². The molecular weight excluding hydrogens is 1220 g/mol. The van der Waals surface area contributed by atoms with Crippen molar-refractivity contribution >= 4 is 93.8 Å². The van der Waals surface area contributed by atoms with E-state index in [9.17, 15) is 64.9 Å². The van der Waals surface area contributed by atoms with Gasteiger partial charge in [-0.05, 0) is 12.8 Å². The van der Waals surface area contributed by atoms with Gasteiger partial charge < -0.3 is 47.7 Å². The van der Waals surface area contributed by atoms with Crippen molar-refractivity contribution < 1.29 is 93.3 Å². The molecule has 20 nitrogen and oxygen atoms in total. The molecule has 89 heavy (non-hydrogen) atoms. The van der Waals surface area contributed by atoms with Gasteiger partial charge in [0.2, 0.25) is 0 Å². The van der Waals surface area contributed by atoms with Crippen molar-refractivity contribution in [1.82, 2.24) is 0 Å². The van der Waals surface area contributed by atoms with Crippen LogP contribution in [0.25, 0.3) is 0 Å². The molecule has 2 aliphatic rings. The molecule has 0 radical (unpaired) electrons. The predicted octanol–water partition coefficient (Wildman–Crippen LogP) is 12.6. The Balaban J connectivity index is 0.00000172. The minimum absolute atomic E-state index is 0. The fraction of sp³-hybridized carbons (Fsp3) is 0.909. The van der Waals surface area contributed by atoms with Gasteiger partial charge in [0, 0.05) is 12.8 Å². The Kier molecular flexibility index (Phi) is 53.8. The van der Waals surface area contributed by atoms with Crippen molar-refractivity contribution in [3.05, 3.63) is 0 Å². The van der Waals surface area contributed by atoms with Crippen molar-refractivity contribution in [3.63, 3.8) is 0 Å². The molecule has 0 aromatic carbocycles. The zero-order valence-electron chi connectivity index (χ0n) is 55.1. The Bertz CT molecular complexity index is 1930. The van der Waals surface area contributed by atoms with E-state index in [4.69, 9.17) is 28.4 Å².